The van der Waals surface area contributed by atoms with E-state index >= 15 is 0 Å². The Morgan fingerprint density at radius 3 is 2.67 bits per heavy atom. The largest absolute Gasteiger partial charge is 0.353 e. The van der Waals surface area contributed by atoms with Gasteiger partial charge in [0, 0.05) is 41.8 Å². The number of ether oxygens (including phenoxy) is 2. The summed E-state index contributed by atoms with van der Waals surface area (Å²) in [6.45, 7) is 10.2. The SMILES string of the molecule is CCN1Cc2c(cc(Cl)cc2[C@H](CCC2OCCCO2)N[S@@](=O)C(C)(C)C)NC1=O. The molecule has 2 amide bonds. The zero-order valence-electron chi connectivity index (χ0n) is 18.1. The lowest BCUT2D eigenvalue weighted by Gasteiger charge is -2.33. The number of fused-ring (bicyclic) bond motifs is 1. The second-order valence-corrected chi connectivity index (χ2v) is 11.1. The fraction of sp³-hybridized carbons (Fsp3) is 0.667. The third-order valence-corrected chi connectivity index (χ3v) is 7.11. The number of amides is 2. The average molecular weight is 458 g/mol. The smallest absolute Gasteiger partial charge is 0.322 e. The molecule has 0 radical (unpaired) electrons. The first-order chi connectivity index (χ1) is 14.2. The number of hydrogen-bond acceptors (Lipinski definition) is 4. The minimum atomic E-state index is -1.27. The van der Waals surface area contributed by atoms with E-state index in [1.807, 2.05) is 33.8 Å². The summed E-state index contributed by atoms with van der Waals surface area (Å²) >= 11 is 6.40. The molecule has 0 bridgehead atoms. The molecule has 30 heavy (non-hydrogen) atoms. The second kappa shape index (κ2) is 9.96. The standard InChI is InChI=1S/C21H32ClN3O4S/c1-5-25-13-16-15(11-14(22)12-18(16)23-20(25)26)17(24-30(27)21(2,3)4)7-8-19-28-9-6-10-29-19/h11-12,17,19,24H,5-10,13H2,1-4H3,(H,23,26)/t17-,30-/m0/s1. The molecule has 0 unspecified atom stereocenters. The van der Waals surface area contributed by atoms with Crippen molar-refractivity contribution in [2.24, 2.45) is 0 Å². The molecule has 2 N–H and O–H groups in total. The molecule has 2 atom stereocenters. The monoisotopic (exact) mass is 457 g/mol. The molecule has 0 aromatic heterocycles. The zero-order valence-corrected chi connectivity index (χ0v) is 19.7. The van der Waals surface area contributed by atoms with E-state index in [2.05, 4.69) is 10.0 Å². The number of nitrogens with one attached hydrogen (secondary N) is 2. The summed E-state index contributed by atoms with van der Waals surface area (Å²) in [5.41, 5.74) is 2.66. The topological polar surface area (TPSA) is 79.9 Å². The van der Waals surface area contributed by atoms with Crippen LogP contribution >= 0.6 is 11.6 Å². The predicted molar refractivity (Wildman–Crippen MR) is 120 cm³/mol. The van der Waals surface area contributed by atoms with Gasteiger partial charge in [0.15, 0.2) is 6.29 Å². The van der Waals surface area contributed by atoms with Crippen LogP contribution in [0.5, 0.6) is 0 Å². The molecule has 7 nitrogen and oxygen atoms in total. The molecule has 2 aliphatic rings. The maximum atomic E-state index is 12.9. The van der Waals surface area contributed by atoms with E-state index in [9.17, 15) is 9.00 Å². The molecule has 168 valence electrons. The van der Waals surface area contributed by atoms with E-state index in [1.165, 1.54) is 0 Å². The summed E-state index contributed by atoms with van der Waals surface area (Å²) in [5.74, 6) is 0. The molecule has 9 heteroatoms. The quantitative estimate of drug-likeness (QED) is 0.638. The molecule has 0 saturated carbocycles. The first-order valence-corrected chi connectivity index (χ1v) is 12.0. The van der Waals surface area contributed by atoms with Crippen molar-refractivity contribution in [2.45, 2.75) is 70.6 Å². The number of halogens is 1. The van der Waals surface area contributed by atoms with Gasteiger partial charge in [-0.1, -0.05) is 11.6 Å². The van der Waals surface area contributed by atoms with Crippen LogP contribution in [0.4, 0.5) is 10.5 Å². The van der Waals surface area contributed by atoms with Gasteiger partial charge in [-0.2, -0.15) is 0 Å². The lowest BCUT2D eigenvalue weighted by molar-refractivity contribution is -0.182. The number of urea groups is 1. The van der Waals surface area contributed by atoms with Gasteiger partial charge in [-0.15, -0.1) is 0 Å². The molecule has 1 fully saturated rings. The van der Waals surface area contributed by atoms with Crippen LogP contribution in [-0.4, -0.2) is 45.9 Å². The van der Waals surface area contributed by atoms with E-state index in [4.69, 9.17) is 21.1 Å². The number of carbonyl (C=O) groups is 1. The van der Waals surface area contributed by atoms with E-state index in [-0.39, 0.29) is 18.4 Å². The van der Waals surface area contributed by atoms with Crippen LogP contribution in [0.1, 0.15) is 64.1 Å². The van der Waals surface area contributed by atoms with Gasteiger partial charge in [0.1, 0.15) is 0 Å². The first kappa shape index (κ1) is 23.5. The Balaban J connectivity index is 1.91. The van der Waals surface area contributed by atoms with E-state index in [1.54, 1.807) is 11.0 Å². The van der Waals surface area contributed by atoms with Crippen molar-refractivity contribution < 1.29 is 18.5 Å². The van der Waals surface area contributed by atoms with Gasteiger partial charge >= 0.3 is 6.03 Å². The lowest BCUT2D eigenvalue weighted by Crippen LogP contribution is -2.40. The Morgan fingerprint density at radius 1 is 1.33 bits per heavy atom. The minimum absolute atomic E-state index is 0.134. The Bertz CT molecular complexity index is 793. The van der Waals surface area contributed by atoms with E-state index in [0.717, 1.165) is 17.5 Å². The van der Waals surface area contributed by atoms with Crippen molar-refractivity contribution in [3.05, 3.63) is 28.3 Å². The highest BCUT2D eigenvalue weighted by molar-refractivity contribution is 7.84. The van der Waals surface area contributed by atoms with Crippen LogP contribution < -0.4 is 10.0 Å². The highest BCUT2D eigenvalue weighted by atomic mass is 35.5. The summed E-state index contributed by atoms with van der Waals surface area (Å²) in [5, 5.41) is 3.47. The molecular formula is C21H32ClN3O4S. The third kappa shape index (κ3) is 5.73. The summed E-state index contributed by atoms with van der Waals surface area (Å²) < 4.78 is 27.2. The van der Waals surface area contributed by atoms with Crippen molar-refractivity contribution >= 4 is 34.3 Å². The third-order valence-electron chi connectivity index (χ3n) is 5.28. The molecule has 0 spiro atoms. The van der Waals surface area contributed by atoms with E-state index in [0.29, 0.717) is 49.9 Å². The Morgan fingerprint density at radius 2 is 2.03 bits per heavy atom. The van der Waals surface area contributed by atoms with E-state index < -0.39 is 15.7 Å². The van der Waals surface area contributed by atoms with Crippen LogP contribution in [0.2, 0.25) is 5.02 Å². The minimum Gasteiger partial charge on any atom is -0.353 e. The summed E-state index contributed by atoms with van der Waals surface area (Å²) in [4.78, 5) is 14.0. The normalized spacial score (nSPS) is 19.9. The van der Waals surface area contributed by atoms with Gasteiger partial charge in [0.2, 0.25) is 0 Å². The highest BCUT2D eigenvalue weighted by Crippen LogP contribution is 2.36. The number of carbonyl (C=O) groups excluding carboxylic acids is 1. The lowest BCUT2D eigenvalue weighted by atomic mass is 9.94. The van der Waals surface area contributed by atoms with Gasteiger partial charge in [-0.05, 0) is 58.2 Å². The highest BCUT2D eigenvalue weighted by Gasteiger charge is 2.30. The van der Waals surface area contributed by atoms with Gasteiger partial charge in [0.05, 0.1) is 28.9 Å². The van der Waals surface area contributed by atoms with Crippen molar-refractivity contribution in [1.82, 2.24) is 9.62 Å². The fourth-order valence-corrected chi connectivity index (χ4v) is 4.64. The first-order valence-electron chi connectivity index (χ1n) is 10.5. The summed E-state index contributed by atoms with van der Waals surface area (Å²) in [7, 11) is -1.27. The molecule has 2 heterocycles. The van der Waals surface area contributed by atoms with Crippen molar-refractivity contribution in [2.75, 3.05) is 25.1 Å². The molecule has 0 aliphatic carbocycles. The van der Waals surface area contributed by atoms with Crippen LogP contribution in [-0.2, 0) is 27.0 Å². The zero-order chi connectivity index (χ0) is 21.9. The molecule has 2 aliphatic heterocycles. The number of benzene rings is 1. The number of anilines is 1. The average Bonchev–Trinajstić information content (AvgIpc) is 2.69. The van der Waals surface area contributed by atoms with Gasteiger partial charge in [-0.3, -0.25) is 0 Å². The number of hydrogen-bond donors (Lipinski definition) is 2. The maximum absolute atomic E-state index is 12.9. The molecule has 1 aromatic carbocycles. The number of rotatable bonds is 7. The Labute approximate surface area is 186 Å². The van der Waals surface area contributed by atoms with Gasteiger partial charge < -0.3 is 19.7 Å². The Hall–Kier alpha value is -1.19. The molecule has 3 rings (SSSR count). The molecule has 1 aromatic rings. The van der Waals surface area contributed by atoms with Crippen molar-refractivity contribution in [3.63, 3.8) is 0 Å². The fourth-order valence-electron chi connectivity index (χ4n) is 3.56. The van der Waals surface area contributed by atoms with Crippen LogP contribution in [0, 0.1) is 0 Å². The number of nitrogens with zero attached hydrogens (tertiary/aromatic N) is 1. The van der Waals surface area contributed by atoms with Crippen molar-refractivity contribution in [3.8, 4) is 0 Å². The van der Waals surface area contributed by atoms with Crippen LogP contribution in [0.15, 0.2) is 12.1 Å². The van der Waals surface area contributed by atoms with Crippen LogP contribution in [0.25, 0.3) is 0 Å². The van der Waals surface area contributed by atoms with Gasteiger partial charge in [0.25, 0.3) is 0 Å². The second-order valence-electron chi connectivity index (χ2n) is 8.62. The summed E-state index contributed by atoms with van der Waals surface area (Å²) in [6.07, 6.45) is 1.98. The van der Waals surface area contributed by atoms with Crippen LogP contribution in [0.3, 0.4) is 0 Å². The molecule has 1 saturated heterocycles. The molecular weight excluding hydrogens is 426 g/mol. The predicted octanol–water partition coefficient (Wildman–Crippen LogP) is 4.34. The summed E-state index contributed by atoms with van der Waals surface area (Å²) in [6, 6.07) is 3.33. The van der Waals surface area contributed by atoms with Crippen molar-refractivity contribution in [1.29, 1.82) is 0 Å². The van der Waals surface area contributed by atoms with Gasteiger partial charge in [-0.25, -0.2) is 13.7 Å². The maximum Gasteiger partial charge on any atom is 0.322 e. The Kier molecular flexibility index (Phi) is 7.79.